The molecule has 1 aromatic heterocycles. The first-order valence-electron chi connectivity index (χ1n) is 6.04. The summed E-state index contributed by atoms with van der Waals surface area (Å²) in [5, 5.41) is -0.251. The third kappa shape index (κ3) is 5.56. The maximum Gasteiger partial charge on any atom is 0.573 e. The third-order valence-electron chi connectivity index (χ3n) is 2.46. The van der Waals surface area contributed by atoms with E-state index >= 15 is 0 Å². The molecule has 0 saturated carbocycles. The number of nitrogens with zero attached hydrogens (tertiary/aromatic N) is 1. The Hall–Kier alpha value is -1.52. The maximum absolute atomic E-state index is 13.0. The van der Waals surface area contributed by atoms with Crippen molar-refractivity contribution in [3.63, 3.8) is 0 Å². The predicted octanol–water partition coefficient (Wildman–Crippen LogP) is 4.00. The minimum atomic E-state index is -5.23. The molecular weight excluding hydrogens is 400 g/mol. The molecule has 1 aromatic rings. The van der Waals surface area contributed by atoms with Gasteiger partial charge >= 0.3 is 18.5 Å². The van der Waals surface area contributed by atoms with E-state index in [1.54, 1.807) is 0 Å². The van der Waals surface area contributed by atoms with Crippen LogP contribution in [0.25, 0.3) is 0 Å². The number of halogens is 7. The fourth-order valence-electron chi connectivity index (χ4n) is 1.68. The Morgan fingerprint density at radius 3 is 2.30 bits per heavy atom. The molecular formula is C12H10BrF6NO3. The number of carbonyl (C=O) groups is 1. The van der Waals surface area contributed by atoms with Crippen LogP contribution >= 0.6 is 15.9 Å². The SMILES string of the molecule is CCOC(=O)Cc1c(C(F)(F)F)ncc(CBr)c1OC(F)(F)F. The number of ether oxygens (including phenoxy) is 2. The number of hydrogen-bond acceptors (Lipinski definition) is 4. The van der Waals surface area contributed by atoms with Crippen LogP contribution in [-0.2, 0) is 27.5 Å². The van der Waals surface area contributed by atoms with E-state index in [1.165, 1.54) is 6.92 Å². The van der Waals surface area contributed by atoms with Crippen LogP contribution in [0.2, 0.25) is 0 Å². The fourth-order valence-corrected chi connectivity index (χ4v) is 2.08. The van der Waals surface area contributed by atoms with Crippen molar-refractivity contribution in [1.29, 1.82) is 0 Å². The van der Waals surface area contributed by atoms with E-state index in [2.05, 4.69) is 30.4 Å². The molecule has 0 saturated heterocycles. The smallest absolute Gasteiger partial charge is 0.466 e. The van der Waals surface area contributed by atoms with E-state index in [0.717, 1.165) is 0 Å². The van der Waals surface area contributed by atoms with Crippen LogP contribution in [0, 0.1) is 0 Å². The Labute approximate surface area is 134 Å². The molecule has 0 spiro atoms. The lowest BCUT2D eigenvalue weighted by atomic mass is 10.1. The van der Waals surface area contributed by atoms with Crippen molar-refractivity contribution in [1.82, 2.24) is 4.98 Å². The first-order valence-corrected chi connectivity index (χ1v) is 7.17. The van der Waals surface area contributed by atoms with Crippen molar-refractivity contribution in [2.24, 2.45) is 0 Å². The van der Waals surface area contributed by atoms with Gasteiger partial charge in [-0.15, -0.1) is 13.2 Å². The Morgan fingerprint density at radius 2 is 1.87 bits per heavy atom. The van der Waals surface area contributed by atoms with E-state index in [1.807, 2.05) is 0 Å². The lowest BCUT2D eigenvalue weighted by molar-refractivity contribution is -0.275. The second-order valence-corrected chi connectivity index (χ2v) is 4.66. The molecule has 1 heterocycles. The van der Waals surface area contributed by atoms with Gasteiger partial charge in [-0.1, -0.05) is 15.9 Å². The summed E-state index contributed by atoms with van der Waals surface area (Å²) in [7, 11) is 0. The summed E-state index contributed by atoms with van der Waals surface area (Å²) >= 11 is 2.84. The van der Waals surface area contributed by atoms with Crippen LogP contribution in [0.15, 0.2) is 6.20 Å². The number of alkyl halides is 7. The molecule has 0 radical (unpaired) electrons. The van der Waals surface area contributed by atoms with Gasteiger partial charge in [0.2, 0.25) is 0 Å². The van der Waals surface area contributed by atoms with Crippen LogP contribution in [0.5, 0.6) is 5.75 Å². The number of rotatable bonds is 5. The molecule has 11 heteroatoms. The molecule has 0 atom stereocenters. The summed E-state index contributed by atoms with van der Waals surface area (Å²) < 4.78 is 84.6. The molecule has 0 N–H and O–H groups in total. The van der Waals surface area contributed by atoms with Crippen molar-refractivity contribution in [3.05, 3.63) is 23.0 Å². The average Bonchev–Trinajstić information content (AvgIpc) is 2.37. The molecule has 0 bridgehead atoms. The first-order chi connectivity index (χ1) is 10.5. The highest BCUT2D eigenvalue weighted by molar-refractivity contribution is 9.08. The van der Waals surface area contributed by atoms with E-state index in [9.17, 15) is 31.1 Å². The molecule has 1 rings (SSSR count). The summed E-state index contributed by atoms with van der Waals surface area (Å²) in [6, 6.07) is 0. The number of carbonyl (C=O) groups excluding carboxylic acids is 1. The minimum Gasteiger partial charge on any atom is -0.466 e. The molecule has 23 heavy (non-hydrogen) atoms. The number of aromatic nitrogens is 1. The van der Waals surface area contributed by atoms with Gasteiger partial charge in [-0.2, -0.15) is 13.2 Å². The number of pyridine rings is 1. The fraction of sp³-hybridized carbons (Fsp3) is 0.500. The van der Waals surface area contributed by atoms with Crippen LogP contribution in [0.1, 0.15) is 23.7 Å². The highest BCUT2D eigenvalue weighted by Gasteiger charge is 2.41. The Kier molecular flexibility index (Phi) is 6.25. The van der Waals surface area contributed by atoms with Gasteiger partial charge in [-0.05, 0) is 6.92 Å². The average molecular weight is 410 g/mol. The molecule has 4 nitrogen and oxygen atoms in total. The molecule has 0 fully saturated rings. The zero-order valence-electron chi connectivity index (χ0n) is 11.5. The summed E-state index contributed by atoms with van der Waals surface area (Å²) in [6.45, 7) is 1.27. The Balaban J connectivity index is 3.50. The predicted molar refractivity (Wildman–Crippen MR) is 68.9 cm³/mol. The summed E-state index contributed by atoms with van der Waals surface area (Å²) in [6.07, 6.45) is -10.7. The van der Waals surface area contributed by atoms with Crippen molar-refractivity contribution in [3.8, 4) is 5.75 Å². The highest BCUT2D eigenvalue weighted by Crippen LogP contribution is 2.39. The first kappa shape index (κ1) is 19.5. The monoisotopic (exact) mass is 409 g/mol. The lowest BCUT2D eigenvalue weighted by Gasteiger charge is -2.19. The Bertz CT molecular complexity index is 573. The molecule has 130 valence electrons. The van der Waals surface area contributed by atoms with Gasteiger partial charge < -0.3 is 9.47 Å². The van der Waals surface area contributed by atoms with Gasteiger partial charge in [0.1, 0.15) is 5.75 Å². The van der Waals surface area contributed by atoms with E-state index < -0.39 is 41.9 Å². The second kappa shape index (κ2) is 7.37. The maximum atomic E-state index is 13.0. The van der Waals surface area contributed by atoms with E-state index in [-0.39, 0.29) is 17.5 Å². The zero-order valence-corrected chi connectivity index (χ0v) is 13.1. The normalized spacial score (nSPS) is 12.2. The number of esters is 1. The molecule has 0 amide bonds. The third-order valence-corrected chi connectivity index (χ3v) is 3.06. The molecule has 0 aromatic carbocycles. The van der Waals surface area contributed by atoms with Crippen LogP contribution < -0.4 is 4.74 Å². The van der Waals surface area contributed by atoms with Gasteiger partial charge in [-0.3, -0.25) is 9.78 Å². The lowest BCUT2D eigenvalue weighted by Crippen LogP contribution is -2.23. The molecule has 0 aliphatic carbocycles. The van der Waals surface area contributed by atoms with Crippen LogP contribution in [-0.4, -0.2) is 23.9 Å². The second-order valence-electron chi connectivity index (χ2n) is 4.10. The quantitative estimate of drug-likeness (QED) is 0.419. The van der Waals surface area contributed by atoms with Crippen LogP contribution in [0.3, 0.4) is 0 Å². The van der Waals surface area contributed by atoms with E-state index in [4.69, 9.17) is 0 Å². The zero-order chi connectivity index (χ0) is 17.8. The molecule has 0 aliphatic rings. The van der Waals surface area contributed by atoms with E-state index in [0.29, 0.717) is 6.20 Å². The summed E-state index contributed by atoms with van der Waals surface area (Å²) in [4.78, 5) is 14.6. The van der Waals surface area contributed by atoms with Gasteiger partial charge in [-0.25, -0.2) is 0 Å². The van der Waals surface area contributed by atoms with Gasteiger partial charge in [0.15, 0.2) is 5.69 Å². The van der Waals surface area contributed by atoms with Gasteiger partial charge in [0, 0.05) is 22.7 Å². The highest BCUT2D eigenvalue weighted by atomic mass is 79.9. The molecule has 0 aliphatic heterocycles. The van der Waals surface area contributed by atoms with Crippen molar-refractivity contribution in [2.75, 3.05) is 6.61 Å². The number of hydrogen-bond donors (Lipinski definition) is 0. The summed E-state index contributed by atoms with van der Waals surface area (Å²) in [5.41, 5.74) is -2.94. The van der Waals surface area contributed by atoms with Gasteiger partial charge in [0.05, 0.1) is 13.0 Å². The minimum absolute atomic E-state index is 0.138. The standard InChI is InChI=1S/C12H10BrF6NO3/c1-2-22-8(21)3-7-9(23-12(17,18)19)6(4-13)5-20-10(7)11(14,15)16/h5H,2-4H2,1H3. The van der Waals surface area contributed by atoms with Crippen LogP contribution in [0.4, 0.5) is 26.3 Å². The summed E-state index contributed by atoms with van der Waals surface area (Å²) in [5.74, 6) is -2.23. The van der Waals surface area contributed by atoms with Gasteiger partial charge in [0.25, 0.3) is 0 Å². The largest absolute Gasteiger partial charge is 0.573 e. The van der Waals surface area contributed by atoms with Crippen molar-refractivity contribution < 1.29 is 40.6 Å². The molecule has 0 unspecified atom stereocenters. The van der Waals surface area contributed by atoms with Crippen molar-refractivity contribution in [2.45, 2.75) is 31.2 Å². The topological polar surface area (TPSA) is 48.4 Å². The van der Waals surface area contributed by atoms with Crippen molar-refractivity contribution >= 4 is 21.9 Å². The Morgan fingerprint density at radius 1 is 1.26 bits per heavy atom.